The molecule has 34 heavy (non-hydrogen) atoms. The monoisotopic (exact) mass is 502 g/mol. The number of aryl methyl sites for hydroxylation is 1. The fourth-order valence-corrected chi connectivity index (χ4v) is 5.69. The zero-order valence-corrected chi connectivity index (χ0v) is 21.2. The average Bonchev–Trinajstić information content (AvgIpc) is 3.07. The van der Waals surface area contributed by atoms with Crippen LogP contribution in [0.15, 0.2) is 53.6 Å². The summed E-state index contributed by atoms with van der Waals surface area (Å²) in [4.78, 5) is 16.8. The van der Waals surface area contributed by atoms with Crippen molar-refractivity contribution < 1.29 is 17.9 Å². The lowest BCUT2D eigenvalue weighted by Crippen LogP contribution is -2.31. The summed E-state index contributed by atoms with van der Waals surface area (Å²) in [5.74, 6) is 0.394. The maximum Gasteiger partial charge on any atom is 0.268 e. The van der Waals surface area contributed by atoms with Gasteiger partial charge in [0.25, 0.3) is 15.9 Å². The zero-order chi connectivity index (χ0) is 24.9. The van der Waals surface area contributed by atoms with Gasteiger partial charge >= 0.3 is 0 Å². The fourth-order valence-electron chi connectivity index (χ4n) is 4.24. The molecule has 1 aromatic carbocycles. The minimum absolute atomic E-state index is 0.0195. The van der Waals surface area contributed by atoms with E-state index in [0.29, 0.717) is 29.8 Å². The number of rotatable bonds is 7. The van der Waals surface area contributed by atoms with E-state index < -0.39 is 15.9 Å². The highest BCUT2D eigenvalue weighted by molar-refractivity contribution is 7.90. The first-order valence-electron chi connectivity index (χ1n) is 10.8. The van der Waals surface area contributed by atoms with Crippen LogP contribution in [0.3, 0.4) is 0 Å². The van der Waals surface area contributed by atoms with Crippen molar-refractivity contribution in [3.05, 3.63) is 64.9 Å². The van der Waals surface area contributed by atoms with Crippen molar-refractivity contribution in [1.82, 2.24) is 19.5 Å². The molecule has 2 aromatic heterocycles. The van der Waals surface area contributed by atoms with Crippen LogP contribution in [0.4, 0.5) is 0 Å². The number of sulfonamides is 1. The van der Waals surface area contributed by atoms with Crippen molar-refractivity contribution in [3.8, 4) is 11.7 Å². The van der Waals surface area contributed by atoms with Gasteiger partial charge in [0, 0.05) is 18.2 Å². The van der Waals surface area contributed by atoms with Crippen LogP contribution in [0.2, 0.25) is 5.15 Å². The summed E-state index contributed by atoms with van der Waals surface area (Å²) in [5, 5.41) is 4.23. The molecule has 4 rings (SSSR count). The zero-order valence-electron chi connectivity index (χ0n) is 19.7. The van der Waals surface area contributed by atoms with Crippen molar-refractivity contribution in [3.63, 3.8) is 0 Å². The van der Waals surface area contributed by atoms with Crippen LogP contribution in [-0.4, -0.2) is 35.7 Å². The number of nitrogens with zero attached hydrogens (tertiary/aromatic N) is 3. The van der Waals surface area contributed by atoms with Gasteiger partial charge in [-0.25, -0.2) is 22.8 Å². The van der Waals surface area contributed by atoms with Crippen molar-refractivity contribution in [2.24, 2.45) is 16.7 Å². The third-order valence-electron chi connectivity index (χ3n) is 7.21. The Kier molecular flexibility index (Phi) is 5.98. The molecule has 1 amide bonds. The van der Waals surface area contributed by atoms with Crippen LogP contribution in [0.1, 0.15) is 43.6 Å². The van der Waals surface area contributed by atoms with Gasteiger partial charge in [-0.2, -0.15) is 0 Å². The molecule has 0 aliphatic heterocycles. The topological polar surface area (TPSA) is 103 Å². The van der Waals surface area contributed by atoms with Crippen LogP contribution in [0.5, 0.6) is 5.88 Å². The van der Waals surface area contributed by atoms with Crippen molar-refractivity contribution >= 4 is 27.5 Å². The Labute approximate surface area is 204 Å². The highest BCUT2D eigenvalue weighted by atomic mass is 35.5. The molecule has 1 aliphatic rings. The van der Waals surface area contributed by atoms with Gasteiger partial charge in [-0.1, -0.05) is 57.5 Å². The average molecular weight is 503 g/mol. The van der Waals surface area contributed by atoms with E-state index in [4.69, 9.17) is 16.3 Å². The number of hydrogen-bond donors (Lipinski definition) is 1. The number of carbonyl (C=O) groups is 1. The van der Waals surface area contributed by atoms with E-state index in [0.717, 1.165) is 0 Å². The summed E-state index contributed by atoms with van der Waals surface area (Å²) in [6.45, 7) is 11.1. The molecule has 1 saturated carbocycles. The summed E-state index contributed by atoms with van der Waals surface area (Å²) < 4.78 is 34.6. The quantitative estimate of drug-likeness (QED) is 0.480. The van der Waals surface area contributed by atoms with Crippen molar-refractivity contribution in [1.29, 1.82) is 0 Å². The van der Waals surface area contributed by atoms with Gasteiger partial charge in [-0.05, 0) is 41.5 Å². The lowest BCUT2D eigenvalue weighted by atomic mass is 10.0. The highest BCUT2D eigenvalue weighted by Gasteiger charge is 2.64. The summed E-state index contributed by atoms with van der Waals surface area (Å²) in [7, 11) is -4.06. The Bertz CT molecular complexity index is 1350. The first kappa shape index (κ1) is 24.2. The molecule has 180 valence electrons. The van der Waals surface area contributed by atoms with Crippen LogP contribution in [-0.2, 0) is 10.0 Å². The Balaban J connectivity index is 1.45. The second-order valence-corrected chi connectivity index (χ2v) is 11.6. The van der Waals surface area contributed by atoms with E-state index in [-0.39, 0.29) is 26.4 Å². The number of benzene rings is 1. The lowest BCUT2D eigenvalue weighted by molar-refractivity contribution is 0.0981. The molecular formula is C24H27ClN4O4S. The number of halogens is 1. The van der Waals surface area contributed by atoms with E-state index in [1.54, 1.807) is 37.4 Å². The first-order chi connectivity index (χ1) is 15.8. The summed E-state index contributed by atoms with van der Waals surface area (Å²) in [5.41, 5.74) is 0.888. The molecule has 10 heteroatoms. The number of amides is 1. The molecule has 0 radical (unpaired) electrons. The van der Waals surface area contributed by atoms with Crippen LogP contribution < -0.4 is 9.46 Å². The van der Waals surface area contributed by atoms with E-state index in [1.807, 2.05) is 4.72 Å². The molecular weight excluding hydrogens is 476 g/mol. The molecule has 2 heterocycles. The van der Waals surface area contributed by atoms with Gasteiger partial charge < -0.3 is 4.74 Å². The van der Waals surface area contributed by atoms with Crippen molar-refractivity contribution in [2.75, 3.05) is 6.61 Å². The SMILES string of the molecule is Cc1ccccc1S(=O)(=O)NC(=O)c1ccc(-n2ccc(OCC3C(C)(C)C3(C)C)n2)nc1Cl. The minimum Gasteiger partial charge on any atom is -0.476 e. The van der Waals surface area contributed by atoms with Crippen LogP contribution in [0.25, 0.3) is 5.82 Å². The number of nitrogens with one attached hydrogen (secondary N) is 1. The maximum atomic E-state index is 12.6. The molecule has 0 bridgehead atoms. The highest BCUT2D eigenvalue weighted by Crippen LogP contribution is 2.68. The molecule has 8 nitrogen and oxygen atoms in total. The third kappa shape index (κ3) is 4.30. The first-order valence-corrected chi connectivity index (χ1v) is 12.7. The Morgan fingerprint density at radius 1 is 1.12 bits per heavy atom. The third-order valence-corrected chi connectivity index (χ3v) is 8.99. The smallest absolute Gasteiger partial charge is 0.268 e. The Morgan fingerprint density at radius 3 is 2.41 bits per heavy atom. The van der Waals surface area contributed by atoms with Gasteiger partial charge in [-0.15, -0.1) is 5.10 Å². The van der Waals surface area contributed by atoms with E-state index >= 15 is 0 Å². The van der Waals surface area contributed by atoms with Gasteiger partial charge in [0.1, 0.15) is 5.15 Å². The molecule has 0 unspecified atom stereocenters. The minimum atomic E-state index is -4.06. The van der Waals surface area contributed by atoms with Gasteiger partial charge in [0.2, 0.25) is 5.88 Å². The molecule has 0 saturated heterocycles. The Hall–Kier alpha value is -2.91. The number of pyridine rings is 1. The van der Waals surface area contributed by atoms with Gasteiger partial charge in [-0.3, -0.25) is 4.79 Å². The van der Waals surface area contributed by atoms with Gasteiger partial charge in [0.05, 0.1) is 17.1 Å². The summed E-state index contributed by atoms with van der Waals surface area (Å²) in [6, 6.07) is 11.1. The molecule has 0 spiro atoms. The number of aromatic nitrogens is 3. The van der Waals surface area contributed by atoms with Crippen molar-refractivity contribution in [2.45, 2.75) is 39.5 Å². The van der Waals surface area contributed by atoms with E-state index in [9.17, 15) is 13.2 Å². The van der Waals surface area contributed by atoms with Crippen LogP contribution in [0, 0.1) is 23.7 Å². The summed E-state index contributed by atoms with van der Waals surface area (Å²) >= 11 is 6.22. The number of ether oxygens (including phenoxy) is 1. The lowest BCUT2D eigenvalue weighted by Gasteiger charge is -2.10. The van der Waals surface area contributed by atoms with Crippen LogP contribution >= 0.6 is 11.6 Å². The largest absolute Gasteiger partial charge is 0.476 e. The number of carbonyl (C=O) groups excluding carboxylic acids is 1. The number of hydrogen-bond acceptors (Lipinski definition) is 6. The summed E-state index contributed by atoms with van der Waals surface area (Å²) in [6.07, 6.45) is 1.68. The van der Waals surface area contributed by atoms with E-state index in [2.05, 4.69) is 37.8 Å². The Morgan fingerprint density at radius 2 is 1.79 bits per heavy atom. The standard InChI is InChI=1S/C24H27ClN4O4S/c1-15-8-6-7-9-17(15)34(31,32)28-22(30)16-10-11-19(26-21(16)25)29-13-12-20(27-29)33-14-18-23(2,3)24(18,4)5/h6-13,18H,14H2,1-5H3,(H,28,30). The molecule has 1 N–H and O–H groups in total. The van der Waals surface area contributed by atoms with E-state index in [1.165, 1.54) is 22.9 Å². The fraction of sp³-hybridized carbons (Fsp3) is 0.375. The molecule has 3 aromatic rings. The molecule has 0 atom stereocenters. The normalized spacial score (nSPS) is 16.8. The second-order valence-electron chi connectivity index (χ2n) is 9.61. The predicted octanol–water partition coefficient (Wildman–Crippen LogP) is 4.41. The van der Waals surface area contributed by atoms with Gasteiger partial charge in [0.15, 0.2) is 5.82 Å². The second kappa shape index (κ2) is 8.39. The molecule has 1 aliphatic carbocycles. The maximum absolute atomic E-state index is 12.6. The molecule has 1 fully saturated rings. The predicted molar refractivity (Wildman–Crippen MR) is 129 cm³/mol.